The molecular formula is C12H13NS. The van der Waals surface area contributed by atoms with Gasteiger partial charge in [0.2, 0.25) is 0 Å². The molecule has 0 radical (unpaired) electrons. The lowest BCUT2D eigenvalue weighted by Crippen LogP contribution is -1.84. The highest BCUT2D eigenvalue weighted by atomic mass is 32.1. The molecule has 0 aliphatic rings. The van der Waals surface area contributed by atoms with E-state index in [0.717, 1.165) is 5.69 Å². The minimum Gasteiger partial charge on any atom is -0.398 e. The number of thiophene rings is 1. The van der Waals surface area contributed by atoms with E-state index in [0.29, 0.717) is 0 Å². The van der Waals surface area contributed by atoms with Crippen LogP contribution in [-0.2, 0) is 0 Å². The second-order valence-corrected chi connectivity index (χ2v) is 4.42. The van der Waals surface area contributed by atoms with Crippen LogP contribution in [-0.4, -0.2) is 0 Å². The molecule has 2 rings (SSSR count). The van der Waals surface area contributed by atoms with Gasteiger partial charge in [-0.25, -0.2) is 0 Å². The molecule has 0 atom stereocenters. The van der Waals surface area contributed by atoms with Crippen molar-refractivity contribution in [2.24, 2.45) is 0 Å². The maximum atomic E-state index is 5.73. The summed E-state index contributed by atoms with van der Waals surface area (Å²) in [6, 6.07) is 8.40. The van der Waals surface area contributed by atoms with Crippen molar-refractivity contribution in [3.8, 4) is 10.4 Å². The predicted octanol–water partition coefficient (Wildman–Crippen LogP) is 3.61. The van der Waals surface area contributed by atoms with E-state index in [9.17, 15) is 0 Å². The molecule has 2 heteroatoms. The number of hydrogen-bond donors (Lipinski definition) is 1. The monoisotopic (exact) mass is 203 g/mol. The van der Waals surface area contributed by atoms with Gasteiger partial charge in [0.05, 0.1) is 0 Å². The first-order chi connectivity index (χ1) is 6.68. The maximum absolute atomic E-state index is 5.73. The van der Waals surface area contributed by atoms with Crippen LogP contribution in [0.3, 0.4) is 0 Å². The first-order valence-corrected chi connectivity index (χ1v) is 5.47. The highest BCUT2D eigenvalue weighted by molar-refractivity contribution is 7.14. The van der Waals surface area contributed by atoms with Crippen LogP contribution in [0.1, 0.15) is 11.1 Å². The van der Waals surface area contributed by atoms with Crippen molar-refractivity contribution in [1.82, 2.24) is 0 Å². The molecular weight excluding hydrogens is 190 g/mol. The second kappa shape index (κ2) is 3.46. The third-order valence-electron chi connectivity index (χ3n) is 2.35. The molecule has 2 N–H and O–H groups in total. The van der Waals surface area contributed by atoms with Crippen molar-refractivity contribution >= 4 is 17.0 Å². The smallest absolute Gasteiger partial charge is 0.0429 e. The van der Waals surface area contributed by atoms with E-state index in [1.165, 1.54) is 21.6 Å². The number of hydrogen-bond acceptors (Lipinski definition) is 2. The molecule has 1 aromatic carbocycles. The molecule has 0 aliphatic carbocycles. The fourth-order valence-electron chi connectivity index (χ4n) is 1.69. The minimum absolute atomic E-state index is 0.854. The molecule has 0 fully saturated rings. The molecule has 0 unspecified atom stereocenters. The van der Waals surface area contributed by atoms with Gasteiger partial charge in [0.15, 0.2) is 0 Å². The van der Waals surface area contributed by atoms with Crippen molar-refractivity contribution in [2.45, 2.75) is 13.8 Å². The third kappa shape index (κ3) is 1.53. The van der Waals surface area contributed by atoms with Crippen LogP contribution in [0.4, 0.5) is 5.69 Å². The number of aryl methyl sites for hydroxylation is 2. The van der Waals surface area contributed by atoms with Gasteiger partial charge in [-0.1, -0.05) is 18.2 Å². The van der Waals surface area contributed by atoms with E-state index >= 15 is 0 Å². The van der Waals surface area contributed by atoms with E-state index in [2.05, 4.69) is 32.0 Å². The zero-order valence-corrected chi connectivity index (χ0v) is 9.19. The maximum Gasteiger partial charge on any atom is 0.0429 e. The fraction of sp³-hybridized carbons (Fsp3) is 0.167. The SMILES string of the molecule is Cc1cccc(C)c1-c1cc(N)cs1. The van der Waals surface area contributed by atoms with E-state index in [4.69, 9.17) is 5.73 Å². The first kappa shape index (κ1) is 9.28. The standard InChI is InChI=1S/C12H13NS/c1-8-4-3-5-9(2)12(8)11-6-10(13)7-14-11/h3-7H,13H2,1-2H3. The zero-order valence-electron chi connectivity index (χ0n) is 8.37. The summed E-state index contributed by atoms with van der Waals surface area (Å²) in [5, 5.41) is 1.99. The lowest BCUT2D eigenvalue weighted by atomic mass is 10.0. The Hall–Kier alpha value is -1.28. The Labute approximate surface area is 88.2 Å². The predicted molar refractivity (Wildman–Crippen MR) is 63.6 cm³/mol. The summed E-state index contributed by atoms with van der Waals surface area (Å²) in [6.45, 7) is 4.27. The van der Waals surface area contributed by atoms with Crippen molar-refractivity contribution in [3.05, 3.63) is 40.8 Å². The summed E-state index contributed by atoms with van der Waals surface area (Å²) < 4.78 is 0. The molecule has 0 saturated carbocycles. The highest BCUT2D eigenvalue weighted by Gasteiger charge is 2.06. The summed E-state index contributed by atoms with van der Waals surface area (Å²) in [5.41, 5.74) is 10.5. The van der Waals surface area contributed by atoms with E-state index in [-0.39, 0.29) is 0 Å². The van der Waals surface area contributed by atoms with Gasteiger partial charge in [0.25, 0.3) is 0 Å². The summed E-state index contributed by atoms with van der Waals surface area (Å²) in [7, 11) is 0. The van der Waals surface area contributed by atoms with Crippen molar-refractivity contribution in [2.75, 3.05) is 5.73 Å². The molecule has 1 heterocycles. The van der Waals surface area contributed by atoms with Gasteiger partial charge < -0.3 is 5.73 Å². The molecule has 0 bridgehead atoms. The molecule has 0 spiro atoms. The quantitative estimate of drug-likeness (QED) is 0.752. The molecule has 0 saturated heterocycles. The molecule has 0 amide bonds. The van der Waals surface area contributed by atoms with Crippen LogP contribution in [0.2, 0.25) is 0 Å². The van der Waals surface area contributed by atoms with Crippen LogP contribution in [0, 0.1) is 13.8 Å². The molecule has 14 heavy (non-hydrogen) atoms. The molecule has 0 aliphatic heterocycles. The number of rotatable bonds is 1. The van der Waals surface area contributed by atoms with Gasteiger partial charge in [0.1, 0.15) is 0 Å². The Morgan fingerprint density at radius 1 is 1.14 bits per heavy atom. The van der Waals surface area contributed by atoms with Gasteiger partial charge in [-0.3, -0.25) is 0 Å². The van der Waals surface area contributed by atoms with E-state index < -0.39 is 0 Å². The number of nitrogens with two attached hydrogens (primary N) is 1. The van der Waals surface area contributed by atoms with Gasteiger partial charge >= 0.3 is 0 Å². The Kier molecular flexibility index (Phi) is 2.30. The van der Waals surface area contributed by atoms with Crippen LogP contribution >= 0.6 is 11.3 Å². The Bertz CT molecular complexity index is 437. The summed E-state index contributed by atoms with van der Waals surface area (Å²) in [6.07, 6.45) is 0. The molecule has 1 aromatic heterocycles. The largest absolute Gasteiger partial charge is 0.398 e. The minimum atomic E-state index is 0.854. The first-order valence-electron chi connectivity index (χ1n) is 4.59. The number of anilines is 1. The van der Waals surface area contributed by atoms with E-state index in [1.54, 1.807) is 11.3 Å². The number of benzene rings is 1. The summed E-state index contributed by atoms with van der Waals surface area (Å²) >= 11 is 1.71. The Balaban J connectivity index is 2.61. The zero-order chi connectivity index (χ0) is 10.1. The van der Waals surface area contributed by atoms with Crippen molar-refractivity contribution < 1.29 is 0 Å². The van der Waals surface area contributed by atoms with Crippen molar-refractivity contribution in [1.29, 1.82) is 0 Å². The van der Waals surface area contributed by atoms with Crippen LogP contribution in [0.25, 0.3) is 10.4 Å². The Morgan fingerprint density at radius 2 is 1.79 bits per heavy atom. The van der Waals surface area contributed by atoms with Gasteiger partial charge in [-0.05, 0) is 36.6 Å². The van der Waals surface area contributed by atoms with Crippen LogP contribution in [0.5, 0.6) is 0 Å². The fourth-order valence-corrected chi connectivity index (χ4v) is 2.66. The lowest BCUT2D eigenvalue weighted by molar-refractivity contribution is 1.39. The summed E-state index contributed by atoms with van der Waals surface area (Å²) in [4.78, 5) is 1.26. The normalized spacial score (nSPS) is 10.4. The van der Waals surface area contributed by atoms with Crippen LogP contribution in [0.15, 0.2) is 29.6 Å². The van der Waals surface area contributed by atoms with Gasteiger partial charge in [-0.2, -0.15) is 0 Å². The molecule has 1 nitrogen and oxygen atoms in total. The van der Waals surface area contributed by atoms with E-state index in [1.807, 2.05) is 11.4 Å². The molecule has 2 aromatic rings. The lowest BCUT2D eigenvalue weighted by Gasteiger charge is -2.06. The average molecular weight is 203 g/mol. The topological polar surface area (TPSA) is 26.0 Å². The Morgan fingerprint density at radius 3 is 2.29 bits per heavy atom. The van der Waals surface area contributed by atoms with Gasteiger partial charge in [-0.15, -0.1) is 11.3 Å². The van der Waals surface area contributed by atoms with Crippen molar-refractivity contribution in [3.63, 3.8) is 0 Å². The second-order valence-electron chi connectivity index (χ2n) is 3.51. The third-order valence-corrected chi connectivity index (χ3v) is 3.31. The summed E-state index contributed by atoms with van der Waals surface area (Å²) in [5.74, 6) is 0. The average Bonchev–Trinajstić information content (AvgIpc) is 2.51. The van der Waals surface area contributed by atoms with Crippen LogP contribution < -0.4 is 5.73 Å². The molecule has 72 valence electrons. The van der Waals surface area contributed by atoms with Gasteiger partial charge in [0, 0.05) is 15.9 Å². The highest BCUT2D eigenvalue weighted by Crippen LogP contribution is 2.33. The number of nitrogen functional groups attached to an aromatic ring is 1.